The van der Waals surface area contributed by atoms with E-state index in [4.69, 9.17) is 0 Å². The monoisotopic (exact) mass is 395 g/mol. The lowest BCUT2D eigenvalue weighted by Crippen LogP contribution is -2.48. The van der Waals surface area contributed by atoms with Crippen molar-refractivity contribution in [1.82, 2.24) is 19.8 Å². The first-order valence-electron chi connectivity index (χ1n) is 9.14. The number of hydrogen-bond acceptors (Lipinski definition) is 3. The minimum Gasteiger partial charge on any atom is -0.405 e. The second-order valence-corrected chi connectivity index (χ2v) is 6.85. The topological polar surface area (TPSA) is 54.7 Å². The second kappa shape index (κ2) is 8.53. The van der Waals surface area contributed by atoms with E-state index in [0.29, 0.717) is 17.4 Å². The van der Waals surface area contributed by atoms with Crippen molar-refractivity contribution < 1.29 is 17.9 Å². The van der Waals surface area contributed by atoms with Crippen LogP contribution in [0.3, 0.4) is 0 Å². The lowest BCUT2D eigenvalue weighted by Gasteiger charge is -2.39. The predicted molar refractivity (Wildman–Crippen MR) is 99.9 cm³/mol. The van der Waals surface area contributed by atoms with Gasteiger partial charge in [-0.2, -0.15) is 0 Å². The number of imidazole rings is 1. The predicted octanol–water partition coefficient (Wildman–Crippen LogP) is 3.44. The molecular formula is C19H24F3N5O. The first-order valence-corrected chi connectivity index (χ1v) is 9.14. The van der Waals surface area contributed by atoms with Crippen LogP contribution >= 0.6 is 0 Å². The fourth-order valence-electron chi connectivity index (χ4n) is 3.48. The molecule has 1 aliphatic heterocycles. The Kier molecular flexibility index (Phi) is 6.11. The number of piperidine rings is 1. The molecule has 2 atom stereocenters. The third kappa shape index (κ3) is 4.96. The molecule has 152 valence electrons. The van der Waals surface area contributed by atoms with Gasteiger partial charge in [0, 0.05) is 44.6 Å². The Bertz CT molecular complexity index is 791. The highest BCUT2D eigenvalue weighted by Crippen LogP contribution is 2.28. The maximum Gasteiger partial charge on any atom is 0.573 e. The van der Waals surface area contributed by atoms with Crippen molar-refractivity contribution in [2.24, 2.45) is 10.9 Å². The van der Waals surface area contributed by atoms with Gasteiger partial charge in [0.1, 0.15) is 5.75 Å². The summed E-state index contributed by atoms with van der Waals surface area (Å²) in [6.07, 6.45) is 1.78. The molecule has 3 rings (SSSR count). The number of guanidine groups is 1. The molecule has 1 aliphatic rings. The van der Waals surface area contributed by atoms with E-state index in [2.05, 4.69) is 36.4 Å². The molecule has 0 amide bonds. The number of nitrogens with zero attached hydrogens (tertiary/aromatic N) is 4. The number of para-hydroxylation sites is 1. The van der Waals surface area contributed by atoms with Gasteiger partial charge >= 0.3 is 6.36 Å². The molecular weight excluding hydrogens is 371 g/mol. The van der Waals surface area contributed by atoms with E-state index < -0.39 is 6.36 Å². The molecule has 28 heavy (non-hydrogen) atoms. The zero-order chi connectivity index (χ0) is 20.1. The SMILES string of the molecule is CN=C(NCc1ccccc1OC(F)(F)F)N1CCC(C)C(n2ccnc2)C1. The van der Waals surface area contributed by atoms with Crippen molar-refractivity contribution in [1.29, 1.82) is 0 Å². The van der Waals surface area contributed by atoms with Crippen molar-refractivity contribution in [3.63, 3.8) is 0 Å². The number of aromatic nitrogens is 2. The molecule has 0 radical (unpaired) electrons. The maximum absolute atomic E-state index is 12.6. The quantitative estimate of drug-likeness (QED) is 0.637. The fourth-order valence-corrected chi connectivity index (χ4v) is 3.48. The van der Waals surface area contributed by atoms with Crippen molar-refractivity contribution in [3.8, 4) is 5.75 Å². The van der Waals surface area contributed by atoms with Crippen molar-refractivity contribution in [3.05, 3.63) is 48.5 Å². The average Bonchev–Trinajstić information content (AvgIpc) is 3.18. The van der Waals surface area contributed by atoms with Crippen LogP contribution in [0, 0.1) is 5.92 Å². The van der Waals surface area contributed by atoms with Crippen molar-refractivity contribution >= 4 is 5.96 Å². The normalized spacial score (nSPS) is 20.9. The van der Waals surface area contributed by atoms with Crippen LogP contribution in [0.25, 0.3) is 0 Å². The van der Waals surface area contributed by atoms with Crippen molar-refractivity contribution in [2.45, 2.75) is 32.3 Å². The summed E-state index contributed by atoms with van der Waals surface area (Å²) in [6, 6.07) is 6.37. The standard InChI is InChI=1S/C19H24F3N5O/c1-14-7-9-26(12-16(14)27-10-8-24-13-27)18(23-2)25-11-15-5-3-4-6-17(15)28-19(20,21)22/h3-6,8,10,13-14,16H,7,9,11-12H2,1-2H3,(H,23,25). The van der Waals surface area contributed by atoms with Gasteiger partial charge in [0.15, 0.2) is 5.96 Å². The molecule has 9 heteroatoms. The second-order valence-electron chi connectivity index (χ2n) is 6.85. The Hall–Kier alpha value is -2.71. The summed E-state index contributed by atoms with van der Waals surface area (Å²) in [4.78, 5) is 10.6. The van der Waals surface area contributed by atoms with Crippen LogP contribution in [0.15, 0.2) is 48.0 Å². The summed E-state index contributed by atoms with van der Waals surface area (Å²) in [5.74, 6) is 0.935. The Morgan fingerprint density at radius 3 is 2.82 bits per heavy atom. The van der Waals surface area contributed by atoms with E-state index in [1.807, 2.05) is 12.5 Å². The molecule has 0 bridgehead atoms. The molecule has 6 nitrogen and oxygen atoms in total. The molecule has 0 saturated carbocycles. The minimum atomic E-state index is -4.72. The summed E-state index contributed by atoms with van der Waals surface area (Å²) < 4.78 is 44.0. The number of benzene rings is 1. The summed E-state index contributed by atoms with van der Waals surface area (Å²) in [5, 5.41) is 3.17. The average molecular weight is 395 g/mol. The molecule has 2 heterocycles. The number of rotatable bonds is 4. The van der Waals surface area contributed by atoms with E-state index in [0.717, 1.165) is 19.5 Å². The van der Waals surface area contributed by atoms with Crippen molar-refractivity contribution in [2.75, 3.05) is 20.1 Å². The molecule has 2 unspecified atom stereocenters. The Morgan fingerprint density at radius 1 is 1.36 bits per heavy atom. The van der Waals surface area contributed by atoms with E-state index >= 15 is 0 Å². The zero-order valence-electron chi connectivity index (χ0n) is 15.9. The summed E-state index contributed by atoms with van der Waals surface area (Å²) in [7, 11) is 1.67. The molecule has 1 aromatic heterocycles. The number of hydrogen-bond donors (Lipinski definition) is 1. The highest BCUT2D eigenvalue weighted by Gasteiger charge is 2.32. The van der Waals surface area contributed by atoms with Gasteiger partial charge < -0.3 is 19.5 Å². The number of nitrogens with one attached hydrogen (secondary N) is 1. The number of aliphatic imine (C=N–C) groups is 1. The van der Waals surface area contributed by atoms with Gasteiger partial charge in [0.05, 0.1) is 12.4 Å². The van der Waals surface area contributed by atoms with Gasteiger partial charge in [-0.25, -0.2) is 4.98 Å². The molecule has 1 aromatic carbocycles. The Balaban J connectivity index is 1.67. The lowest BCUT2D eigenvalue weighted by molar-refractivity contribution is -0.274. The minimum absolute atomic E-state index is 0.181. The van der Waals surface area contributed by atoms with Crippen LogP contribution in [0.1, 0.15) is 24.9 Å². The molecule has 1 saturated heterocycles. The van der Waals surface area contributed by atoms with E-state index in [9.17, 15) is 13.2 Å². The fraction of sp³-hybridized carbons (Fsp3) is 0.474. The van der Waals surface area contributed by atoms with Gasteiger partial charge in [-0.15, -0.1) is 13.2 Å². The molecule has 2 aromatic rings. The summed E-state index contributed by atoms with van der Waals surface area (Å²) in [5.41, 5.74) is 0.414. The first kappa shape index (κ1) is 20.0. The first-order chi connectivity index (χ1) is 13.4. The van der Waals surface area contributed by atoms with Crippen LogP contribution in [0.5, 0.6) is 5.75 Å². The van der Waals surface area contributed by atoms with Crippen LogP contribution in [-0.2, 0) is 6.54 Å². The van der Waals surface area contributed by atoms with E-state index in [1.54, 1.807) is 25.4 Å². The van der Waals surface area contributed by atoms with Gasteiger partial charge in [-0.3, -0.25) is 4.99 Å². The molecule has 1 fully saturated rings. The number of alkyl halides is 3. The maximum atomic E-state index is 12.6. The van der Waals surface area contributed by atoms with Crippen LogP contribution in [0.4, 0.5) is 13.2 Å². The number of halogens is 3. The number of likely N-dealkylation sites (tertiary alicyclic amines) is 1. The Labute approximate surface area is 162 Å². The van der Waals surface area contributed by atoms with E-state index in [1.165, 1.54) is 12.1 Å². The van der Waals surface area contributed by atoms with Crippen LogP contribution in [-0.4, -0.2) is 46.9 Å². The largest absolute Gasteiger partial charge is 0.573 e. The van der Waals surface area contributed by atoms with Gasteiger partial charge in [0.2, 0.25) is 0 Å². The highest BCUT2D eigenvalue weighted by molar-refractivity contribution is 5.80. The van der Waals surface area contributed by atoms with Gasteiger partial charge in [-0.05, 0) is 18.4 Å². The third-order valence-corrected chi connectivity index (χ3v) is 4.97. The Morgan fingerprint density at radius 2 is 2.14 bits per heavy atom. The highest BCUT2D eigenvalue weighted by atomic mass is 19.4. The molecule has 1 N–H and O–H groups in total. The number of ether oxygens (including phenoxy) is 1. The van der Waals surface area contributed by atoms with Crippen LogP contribution in [0.2, 0.25) is 0 Å². The zero-order valence-corrected chi connectivity index (χ0v) is 15.9. The molecule has 0 aliphatic carbocycles. The summed E-state index contributed by atoms with van der Waals surface area (Å²) >= 11 is 0. The van der Waals surface area contributed by atoms with Gasteiger partial charge in [-0.1, -0.05) is 25.1 Å². The third-order valence-electron chi connectivity index (χ3n) is 4.97. The van der Waals surface area contributed by atoms with Gasteiger partial charge in [0.25, 0.3) is 0 Å². The van der Waals surface area contributed by atoms with Crippen LogP contribution < -0.4 is 10.1 Å². The summed E-state index contributed by atoms with van der Waals surface area (Å²) in [6.45, 7) is 3.97. The smallest absolute Gasteiger partial charge is 0.405 e. The lowest BCUT2D eigenvalue weighted by atomic mass is 9.93. The van der Waals surface area contributed by atoms with E-state index in [-0.39, 0.29) is 18.3 Å². The molecule has 0 spiro atoms.